The first kappa shape index (κ1) is 13.8. The van der Waals surface area contributed by atoms with Crippen molar-refractivity contribution in [1.82, 2.24) is 20.1 Å². The topological polar surface area (TPSA) is 75.0 Å². The minimum atomic E-state index is -0.238. The van der Waals surface area contributed by atoms with Crippen LogP contribution in [-0.2, 0) is 0 Å². The number of nitrogens with one attached hydrogen (secondary N) is 1. The van der Waals surface area contributed by atoms with E-state index in [2.05, 4.69) is 22.1 Å². The first-order chi connectivity index (χ1) is 11.3. The van der Waals surface area contributed by atoms with Crippen LogP contribution < -0.4 is 0 Å². The monoisotopic (exact) mass is 308 g/mol. The van der Waals surface area contributed by atoms with Gasteiger partial charge in [0.05, 0.1) is 12.0 Å². The van der Waals surface area contributed by atoms with Gasteiger partial charge in [0.1, 0.15) is 11.7 Å². The second-order valence-corrected chi connectivity index (χ2v) is 5.49. The van der Waals surface area contributed by atoms with E-state index in [1.54, 1.807) is 12.5 Å². The van der Waals surface area contributed by atoms with Gasteiger partial charge in [-0.15, -0.1) is 0 Å². The highest BCUT2D eigenvalue weighted by Gasteiger charge is 2.43. The van der Waals surface area contributed by atoms with E-state index < -0.39 is 0 Å². The molecule has 23 heavy (non-hydrogen) atoms. The van der Waals surface area contributed by atoms with Crippen LogP contribution in [-0.4, -0.2) is 32.5 Å². The van der Waals surface area contributed by atoms with Crippen molar-refractivity contribution in [3.63, 3.8) is 0 Å². The van der Waals surface area contributed by atoms with Crippen molar-refractivity contribution in [3.8, 4) is 11.5 Å². The van der Waals surface area contributed by atoms with Gasteiger partial charge in [-0.1, -0.05) is 13.0 Å². The minimum Gasteiger partial charge on any atom is -0.463 e. The van der Waals surface area contributed by atoms with Crippen molar-refractivity contribution in [2.24, 2.45) is 0 Å². The van der Waals surface area contributed by atoms with E-state index in [9.17, 15) is 4.79 Å². The highest BCUT2D eigenvalue weighted by molar-refractivity contribution is 5.99. The third-order valence-electron chi connectivity index (χ3n) is 4.05. The molecule has 0 spiro atoms. The van der Waals surface area contributed by atoms with Crippen LogP contribution in [0.1, 0.15) is 41.1 Å². The lowest BCUT2D eigenvalue weighted by molar-refractivity contribution is 0.0741. The average molecular weight is 308 g/mol. The second-order valence-electron chi connectivity index (χ2n) is 5.49. The van der Waals surface area contributed by atoms with Gasteiger partial charge in [-0.05, 0) is 30.7 Å². The molecular weight excluding hydrogens is 292 g/mol. The number of amides is 1. The number of nitrogens with zero attached hydrogens (tertiary/aromatic N) is 3. The van der Waals surface area contributed by atoms with Crippen LogP contribution in [0.2, 0.25) is 0 Å². The van der Waals surface area contributed by atoms with E-state index >= 15 is 0 Å². The number of H-pyrrole nitrogens is 1. The molecule has 0 aromatic carbocycles. The van der Waals surface area contributed by atoms with E-state index in [4.69, 9.17) is 4.42 Å². The molecule has 0 fully saturated rings. The molecule has 1 amide bonds. The molecule has 4 rings (SSSR count). The largest absolute Gasteiger partial charge is 0.463 e. The van der Waals surface area contributed by atoms with Crippen LogP contribution in [0.5, 0.6) is 0 Å². The summed E-state index contributed by atoms with van der Waals surface area (Å²) in [5.74, 6) is 0.609. The predicted molar refractivity (Wildman–Crippen MR) is 83.7 cm³/mol. The number of aromatic nitrogens is 3. The van der Waals surface area contributed by atoms with Gasteiger partial charge in [0.2, 0.25) is 0 Å². The number of carbonyl (C=O) groups is 1. The number of carbonyl (C=O) groups excluding carboxylic acids is 1. The molecule has 0 unspecified atom stereocenters. The summed E-state index contributed by atoms with van der Waals surface area (Å²) in [6.07, 6.45) is 4.23. The maximum absolute atomic E-state index is 12.7. The van der Waals surface area contributed by atoms with Gasteiger partial charge in [-0.2, -0.15) is 5.10 Å². The molecule has 1 aliphatic rings. The molecule has 0 saturated carbocycles. The lowest BCUT2D eigenvalue weighted by atomic mass is 10.0. The van der Waals surface area contributed by atoms with E-state index in [1.807, 2.05) is 35.2 Å². The first-order valence-electron chi connectivity index (χ1n) is 7.65. The molecule has 1 N–H and O–H groups in total. The Balaban J connectivity index is 1.90. The van der Waals surface area contributed by atoms with Crippen LogP contribution in [0.15, 0.2) is 47.2 Å². The van der Waals surface area contributed by atoms with Crippen molar-refractivity contribution >= 4 is 5.91 Å². The van der Waals surface area contributed by atoms with Crippen molar-refractivity contribution in [2.75, 3.05) is 6.54 Å². The molecule has 0 bridgehead atoms. The smallest absolute Gasteiger partial charge is 0.275 e. The Morgan fingerprint density at radius 1 is 1.30 bits per heavy atom. The van der Waals surface area contributed by atoms with E-state index in [1.165, 1.54) is 0 Å². The summed E-state index contributed by atoms with van der Waals surface area (Å²) in [5.41, 5.74) is 2.88. The maximum Gasteiger partial charge on any atom is 0.275 e. The number of hydrogen-bond donors (Lipinski definition) is 1. The summed E-state index contributed by atoms with van der Waals surface area (Å²) < 4.78 is 5.50. The molecule has 0 saturated heterocycles. The lowest BCUT2D eigenvalue weighted by Gasteiger charge is -2.24. The predicted octanol–water partition coefficient (Wildman–Crippen LogP) is 3.02. The average Bonchev–Trinajstić information content (AvgIpc) is 3.28. The zero-order chi connectivity index (χ0) is 15.8. The molecule has 0 radical (unpaired) electrons. The number of aromatic amines is 1. The summed E-state index contributed by atoms with van der Waals surface area (Å²) in [4.78, 5) is 19.0. The van der Waals surface area contributed by atoms with E-state index in [0.29, 0.717) is 18.0 Å². The Morgan fingerprint density at radius 3 is 2.91 bits per heavy atom. The molecular formula is C17H16N4O2. The standard InChI is InChI=1S/C17H16N4O2/c1-2-9-21-16(11-6-3-4-8-18-11)13-14(12-7-5-10-23-12)19-20-15(13)17(21)22/h3-8,10,16H,2,9H2,1H3,(H,19,20)/t16-/m0/s1. The maximum atomic E-state index is 12.7. The van der Waals surface area contributed by atoms with Gasteiger partial charge < -0.3 is 9.32 Å². The summed E-state index contributed by atoms with van der Waals surface area (Å²) in [6, 6.07) is 9.18. The van der Waals surface area contributed by atoms with Crippen LogP contribution in [0.25, 0.3) is 11.5 Å². The normalized spacial score (nSPS) is 16.8. The first-order valence-corrected chi connectivity index (χ1v) is 7.65. The molecule has 116 valence electrons. The second kappa shape index (κ2) is 5.39. The minimum absolute atomic E-state index is 0.0634. The summed E-state index contributed by atoms with van der Waals surface area (Å²) >= 11 is 0. The molecule has 1 aliphatic heterocycles. The Morgan fingerprint density at radius 2 is 2.22 bits per heavy atom. The fourth-order valence-electron chi connectivity index (χ4n) is 3.11. The molecule has 6 heteroatoms. The molecule has 0 aliphatic carbocycles. The van der Waals surface area contributed by atoms with Crippen LogP contribution in [0.4, 0.5) is 0 Å². The van der Waals surface area contributed by atoms with Gasteiger partial charge in [0.15, 0.2) is 11.5 Å². The van der Waals surface area contributed by atoms with Crippen LogP contribution >= 0.6 is 0 Å². The fourth-order valence-corrected chi connectivity index (χ4v) is 3.11. The third kappa shape index (κ3) is 2.06. The summed E-state index contributed by atoms with van der Waals surface area (Å²) in [7, 11) is 0. The van der Waals surface area contributed by atoms with Gasteiger partial charge in [0.25, 0.3) is 5.91 Å². The van der Waals surface area contributed by atoms with Gasteiger partial charge >= 0.3 is 0 Å². The zero-order valence-electron chi connectivity index (χ0n) is 12.7. The van der Waals surface area contributed by atoms with E-state index in [-0.39, 0.29) is 11.9 Å². The Bertz CT molecular complexity index is 824. The SMILES string of the molecule is CCCN1C(=O)c2n[nH]c(-c3ccco3)c2[C@@H]1c1ccccn1. The molecule has 3 aromatic rings. The molecule has 1 atom stereocenters. The van der Waals surface area contributed by atoms with Crippen molar-refractivity contribution in [2.45, 2.75) is 19.4 Å². The number of fused-ring (bicyclic) bond motifs is 1. The number of rotatable bonds is 4. The Kier molecular flexibility index (Phi) is 3.22. The third-order valence-corrected chi connectivity index (χ3v) is 4.05. The zero-order valence-corrected chi connectivity index (χ0v) is 12.7. The lowest BCUT2D eigenvalue weighted by Crippen LogP contribution is -2.30. The van der Waals surface area contributed by atoms with Crippen molar-refractivity contribution < 1.29 is 9.21 Å². The molecule has 6 nitrogen and oxygen atoms in total. The van der Waals surface area contributed by atoms with E-state index in [0.717, 1.165) is 23.4 Å². The number of pyridine rings is 1. The number of furan rings is 1. The number of hydrogen-bond acceptors (Lipinski definition) is 4. The Hall–Kier alpha value is -2.89. The summed E-state index contributed by atoms with van der Waals surface area (Å²) in [5, 5.41) is 7.19. The van der Waals surface area contributed by atoms with Gasteiger partial charge in [-0.25, -0.2) is 0 Å². The Labute approximate surface area is 133 Å². The van der Waals surface area contributed by atoms with Crippen LogP contribution in [0.3, 0.4) is 0 Å². The van der Waals surface area contributed by atoms with Crippen LogP contribution in [0, 0.1) is 0 Å². The quantitative estimate of drug-likeness (QED) is 0.804. The fraction of sp³-hybridized carbons (Fsp3) is 0.235. The highest BCUT2D eigenvalue weighted by Crippen LogP contribution is 2.42. The summed E-state index contributed by atoms with van der Waals surface area (Å²) in [6.45, 7) is 2.72. The molecule has 3 aromatic heterocycles. The van der Waals surface area contributed by atoms with Crippen molar-refractivity contribution in [1.29, 1.82) is 0 Å². The van der Waals surface area contributed by atoms with Crippen molar-refractivity contribution in [3.05, 3.63) is 59.7 Å². The van der Waals surface area contributed by atoms with Gasteiger partial charge in [-0.3, -0.25) is 14.9 Å². The highest BCUT2D eigenvalue weighted by atomic mass is 16.3. The molecule has 4 heterocycles. The van der Waals surface area contributed by atoms with Gasteiger partial charge in [0, 0.05) is 18.3 Å².